The predicted octanol–water partition coefficient (Wildman–Crippen LogP) is 2.41. The average Bonchev–Trinajstić information content (AvgIpc) is 2.75. The summed E-state index contributed by atoms with van der Waals surface area (Å²) >= 11 is 0. The Bertz CT molecular complexity index is 1040. The van der Waals surface area contributed by atoms with Crippen LogP contribution in [0, 0.1) is 6.92 Å². The number of aryl methyl sites for hydroxylation is 1. The molecular formula is C22H25N7O. The summed E-state index contributed by atoms with van der Waals surface area (Å²) in [7, 11) is 0. The first-order valence-electron chi connectivity index (χ1n) is 9.98. The maximum Gasteiger partial charge on any atom is 0.251 e. The maximum atomic E-state index is 12.6. The second-order valence-corrected chi connectivity index (χ2v) is 7.46. The number of carbonyl (C=O) groups excluding carboxylic acids is 1. The van der Waals surface area contributed by atoms with Crippen LogP contribution in [-0.4, -0.2) is 40.0 Å². The highest BCUT2D eigenvalue weighted by molar-refractivity contribution is 5.94. The lowest BCUT2D eigenvalue weighted by molar-refractivity contribution is 0.0933. The summed E-state index contributed by atoms with van der Waals surface area (Å²) in [5.74, 6) is 1.37. The van der Waals surface area contributed by atoms with Crippen LogP contribution in [0.25, 0.3) is 11.1 Å². The monoisotopic (exact) mass is 403 g/mol. The highest BCUT2D eigenvalue weighted by atomic mass is 16.1. The van der Waals surface area contributed by atoms with Gasteiger partial charge >= 0.3 is 0 Å². The normalized spacial score (nSPS) is 16.3. The van der Waals surface area contributed by atoms with Gasteiger partial charge in [0.1, 0.15) is 11.6 Å². The van der Waals surface area contributed by atoms with E-state index in [4.69, 9.17) is 11.5 Å². The quantitative estimate of drug-likeness (QED) is 0.611. The van der Waals surface area contributed by atoms with Crippen LogP contribution in [0.3, 0.4) is 0 Å². The van der Waals surface area contributed by atoms with Gasteiger partial charge in [0.05, 0.1) is 5.69 Å². The van der Waals surface area contributed by atoms with E-state index >= 15 is 0 Å². The van der Waals surface area contributed by atoms with E-state index in [0.717, 1.165) is 42.0 Å². The molecule has 0 saturated carbocycles. The van der Waals surface area contributed by atoms with Gasteiger partial charge in [-0.15, -0.1) is 0 Å². The summed E-state index contributed by atoms with van der Waals surface area (Å²) in [6.07, 6.45) is 3.56. The predicted molar refractivity (Wildman–Crippen MR) is 118 cm³/mol. The number of nitrogen functional groups attached to an aromatic ring is 2. The van der Waals surface area contributed by atoms with Gasteiger partial charge < -0.3 is 21.7 Å². The molecule has 8 heteroatoms. The van der Waals surface area contributed by atoms with Gasteiger partial charge in [0.2, 0.25) is 5.95 Å². The van der Waals surface area contributed by atoms with Gasteiger partial charge in [-0.25, -0.2) is 9.97 Å². The number of amides is 1. The minimum Gasteiger partial charge on any atom is -0.384 e. The smallest absolute Gasteiger partial charge is 0.251 e. The molecule has 1 amide bonds. The van der Waals surface area contributed by atoms with Crippen LogP contribution in [0.2, 0.25) is 0 Å². The molecule has 8 nitrogen and oxygen atoms in total. The molecule has 30 heavy (non-hydrogen) atoms. The SMILES string of the molecule is Cc1nc(N)nc(N2CCCC(NC(=O)c3ccccc3)C2)c1-c1ccc(N)nc1. The lowest BCUT2D eigenvalue weighted by Gasteiger charge is -2.35. The Morgan fingerprint density at radius 1 is 1.13 bits per heavy atom. The van der Waals surface area contributed by atoms with Crippen LogP contribution in [0.1, 0.15) is 28.9 Å². The van der Waals surface area contributed by atoms with Gasteiger partial charge in [-0.3, -0.25) is 4.79 Å². The molecule has 3 aromatic rings. The van der Waals surface area contributed by atoms with Crippen LogP contribution in [-0.2, 0) is 0 Å². The largest absolute Gasteiger partial charge is 0.384 e. The van der Waals surface area contributed by atoms with Gasteiger partial charge in [0.25, 0.3) is 5.91 Å². The number of nitrogens with one attached hydrogen (secondary N) is 1. The highest BCUT2D eigenvalue weighted by Gasteiger charge is 2.26. The van der Waals surface area contributed by atoms with E-state index in [9.17, 15) is 4.79 Å². The molecule has 1 aliphatic heterocycles. The van der Waals surface area contributed by atoms with E-state index in [1.165, 1.54) is 0 Å². The Hall–Kier alpha value is -3.68. The first kappa shape index (κ1) is 19.6. The van der Waals surface area contributed by atoms with Gasteiger partial charge in [0, 0.05) is 42.0 Å². The molecule has 0 spiro atoms. The number of benzene rings is 1. The molecule has 154 valence electrons. The number of anilines is 3. The van der Waals surface area contributed by atoms with Crippen LogP contribution < -0.4 is 21.7 Å². The minimum absolute atomic E-state index is 0.0142. The zero-order valence-corrected chi connectivity index (χ0v) is 16.9. The van der Waals surface area contributed by atoms with Crippen molar-refractivity contribution in [2.75, 3.05) is 29.5 Å². The van der Waals surface area contributed by atoms with Crippen molar-refractivity contribution in [1.82, 2.24) is 20.3 Å². The van der Waals surface area contributed by atoms with E-state index in [0.29, 0.717) is 17.9 Å². The number of carbonyl (C=O) groups is 1. The van der Waals surface area contributed by atoms with Crippen LogP contribution in [0.4, 0.5) is 17.6 Å². The zero-order chi connectivity index (χ0) is 21.1. The number of rotatable bonds is 4. The van der Waals surface area contributed by atoms with Gasteiger partial charge in [-0.2, -0.15) is 4.98 Å². The van der Waals surface area contributed by atoms with Crippen LogP contribution in [0.15, 0.2) is 48.7 Å². The maximum absolute atomic E-state index is 12.6. The van der Waals surface area contributed by atoms with Crippen molar-refractivity contribution in [3.63, 3.8) is 0 Å². The Labute approximate surface area is 175 Å². The number of nitrogens with two attached hydrogens (primary N) is 2. The average molecular weight is 403 g/mol. The fourth-order valence-electron chi connectivity index (χ4n) is 3.84. The molecule has 1 atom stereocenters. The third-order valence-electron chi connectivity index (χ3n) is 5.26. The zero-order valence-electron chi connectivity index (χ0n) is 16.9. The molecule has 1 fully saturated rings. The Balaban J connectivity index is 1.60. The summed E-state index contributed by atoms with van der Waals surface area (Å²) in [5.41, 5.74) is 14.9. The summed E-state index contributed by atoms with van der Waals surface area (Å²) in [5, 5.41) is 3.15. The lowest BCUT2D eigenvalue weighted by Crippen LogP contribution is -2.48. The first-order chi connectivity index (χ1) is 14.5. The Morgan fingerprint density at radius 3 is 2.67 bits per heavy atom. The molecule has 4 rings (SSSR count). The summed E-state index contributed by atoms with van der Waals surface area (Å²) in [6.45, 7) is 3.37. The second-order valence-electron chi connectivity index (χ2n) is 7.46. The molecule has 1 aromatic carbocycles. The van der Waals surface area contributed by atoms with Crippen molar-refractivity contribution in [3.8, 4) is 11.1 Å². The first-order valence-corrected chi connectivity index (χ1v) is 9.98. The number of piperidine rings is 1. The van der Waals surface area contributed by atoms with Crippen LogP contribution >= 0.6 is 0 Å². The van der Waals surface area contributed by atoms with Gasteiger partial charge in [0.15, 0.2) is 0 Å². The number of aromatic nitrogens is 3. The fourth-order valence-corrected chi connectivity index (χ4v) is 3.84. The Morgan fingerprint density at radius 2 is 1.93 bits per heavy atom. The van der Waals surface area contributed by atoms with Gasteiger partial charge in [-0.05, 0) is 44.0 Å². The van der Waals surface area contributed by atoms with Crippen molar-refractivity contribution >= 4 is 23.5 Å². The van der Waals surface area contributed by atoms with Crippen LogP contribution in [0.5, 0.6) is 0 Å². The van der Waals surface area contributed by atoms with E-state index in [1.54, 1.807) is 12.3 Å². The van der Waals surface area contributed by atoms with Crippen molar-refractivity contribution in [2.45, 2.75) is 25.8 Å². The molecule has 2 aromatic heterocycles. The molecule has 1 unspecified atom stereocenters. The molecule has 1 aliphatic rings. The number of hydrogen-bond acceptors (Lipinski definition) is 7. The molecular weight excluding hydrogens is 378 g/mol. The van der Waals surface area contributed by atoms with E-state index in [2.05, 4.69) is 25.2 Å². The van der Waals surface area contributed by atoms with Crippen molar-refractivity contribution < 1.29 is 4.79 Å². The van der Waals surface area contributed by atoms with E-state index in [1.807, 2.05) is 43.3 Å². The third-order valence-corrected chi connectivity index (χ3v) is 5.26. The highest BCUT2D eigenvalue weighted by Crippen LogP contribution is 2.33. The van der Waals surface area contributed by atoms with Crippen molar-refractivity contribution in [1.29, 1.82) is 0 Å². The fraction of sp³-hybridized carbons (Fsp3) is 0.273. The minimum atomic E-state index is -0.0659. The molecule has 1 saturated heterocycles. The lowest BCUT2D eigenvalue weighted by atomic mass is 10.0. The molecule has 0 aliphatic carbocycles. The Kier molecular flexibility index (Phi) is 5.47. The number of hydrogen-bond donors (Lipinski definition) is 3. The number of nitrogens with zero attached hydrogens (tertiary/aromatic N) is 4. The molecule has 3 heterocycles. The third kappa shape index (κ3) is 4.17. The topological polar surface area (TPSA) is 123 Å². The summed E-state index contributed by atoms with van der Waals surface area (Å²) in [6, 6.07) is 12.9. The second kappa shape index (κ2) is 8.36. The summed E-state index contributed by atoms with van der Waals surface area (Å²) < 4.78 is 0. The summed E-state index contributed by atoms with van der Waals surface area (Å²) in [4.78, 5) is 27.9. The van der Waals surface area contributed by atoms with E-state index < -0.39 is 0 Å². The number of pyridine rings is 1. The standard InChI is InChI=1S/C22H25N7O/c1-14-19(16-9-10-18(23)25-12-16)20(28-22(24)26-14)29-11-5-8-17(13-29)27-21(30)15-6-3-2-4-7-15/h2-4,6-7,9-10,12,17H,5,8,11,13H2,1H3,(H2,23,25)(H,27,30)(H2,24,26,28). The molecule has 0 radical (unpaired) electrons. The van der Waals surface area contributed by atoms with Crippen molar-refractivity contribution in [3.05, 3.63) is 59.9 Å². The molecule has 5 N–H and O–H groups in total. The molecule has 0 bridgehead atoms. The van der Waals surface area contributed by atoms with Crippen molar-refractivity contribution in [2.24, 2.45) is 0 Å². The van der Waals surface area contributed by atoms with Gasteiger partial charge in [-0.1, -0.05) is 18.2 Å². The van der Waals surface area contributed by atoms with E-state index in [-0.39, 0.29) is 17.9 Å².